The fraction of sp³-hybridized carbons (Fsp3) is 0.571. The molecule has 0 fully saturated rings. The molecule has 106 valence electrons. The van der Waals surface area contributed by atoms with Crippen LogP contribution in [0.25, 0.3) is 0 Å². The number of nitrogens with one attached hydrogen (secondary N) is 1. The van der Waals surface area contributed by atoms with Crippen LogP contribution in [0.15, 0.2) is 18.2 Å². The molecule has 0 spiro atoms. The maximum absolute atomic E-state index is 10.8. The number of unbranched alkanes of at least 4 members (excludes halogenated alkanes) is 1. The third-order valence-corrected chi connectivity index (χ3v) is 3.29. The summed E-state index contributed by atoms with van der Waals surface area (Å²) in [6.45, 7) is 5.18. The molecule has 5 nitrogen and oxygen atoms in total. The van der Waals surface area contributed by atoms with Crippen molar-refractivity contribution in [3.8, 4) is 0 Å². The molecule has 0 aliphatic heterocycles. The van der Waals surface area contributed by atoms with E-state index in [0.717, 1.165) is 18.7 Å². The summed E-state index contributed by atoms with van der Waals surface area (Å²) in [7, 11) is 0. The molecule has 1 aromatic carbocycles. The zero-order chi connectivity index (χ0) is 14.3. The van der Waals surface area contributed by atoms with Crippen LogP contribution in [0, 0.1) is 16.0 Å². The van der Waals surface area contributed by atoms with Crippen molar-refractivity contribution in [2.24, 2.45) is 5.92 Å². The van der Waals surface area contributed by atoms with Crippen molar-refractivity contribution >= 4 is 17.1 Å². The number of nitrogens with two attached hydrogens (primary N) is 1. The predicted octanol–water partition coefficient (Wildman–Crippen LogP) is 3.81. The van der Waals surface area contributed by atoms with Gasteiger partial charge in [0.15, 0.2) is 0 Å². The third kappa shape index (κ3) is 5.16. The number of rotatable bonds is 8. The van der Waals surface area contributed by atoms with E-state index in [1.54, 1.807) is 6.07 Å². The second-order valence-electron chi connectivity index (χ2n) is 4.87. The number of hydrogen-bond acceptors (Lipinski definition) is 4. The van der Waals surface area contributed by atoms with Crippen molar-refractivity contribution in [2.75, 3.05) is 17.6 Å². The van der Waals surface area contributed by atoms with Gasteiger partial charge in [0, 0.05) is 30.1 Å². The highest BCUT2D eigenvalue weighted by Crippen LogP contribution is 2.23. The van der Waals surface area contributed by atoms with Crippen molar-refractivity contribution in [1.29, 1.82) is 0 Å². The molecule has 0 saturated heterocycles. The molecule has 0 saturated carbocycles. The van der Waals surface area contributed by atoms with Gasteiger partial charge in [0.05, 0.1) is 4.92 Å². The second kappa shape index (κ2) is 7.61. The quantitative estimate of drug-likeness (QED) is 0.425. The zero-order valence-corrected chi connectivity index (χ0v) is 11.7. The first-order valence-corrected chi connectivity index (χ1v) is 6.85. The van der Waals surface area contributed by atoms with E-state index in [0.29, 0.717) is 11.6 Å². The Morgan fingerprint density at radius 3 is 2.68 bits per heavy atom. The standard InChI is InChI=1S/C14H23N3O2/c1-3-5-6-11(4-2)10-16-13-7-12(15)8-14(9-13)17(18)19/h7-9,11,16H,3-6,10,15H2,1-2H3. The number of nitrogens with zero attached hydrogens (tertiary/aromatic N) is 1. The molecule has 0 aliphatic carbocycles. The van der Waals surface area contributed by atoms with Crippen LogP contribution in [0.2, 0.25) is 0 Å². The SMILES string of the molecule is CCCCC(CC)CNc1cc(N)cc([N+](=O)[O-])c1. The first kappa shape index (κ1) is 15.3. The fourth-order valence-corrected chi connectivity index (χ4v) is 2.05. The maximum atomic E-state index is 10.8. The normalized spacial score (nSPS) is 12.1. The molecule has 1 atom stereocenters. The van der Waals surface area contributed by atoms with Gasteiger partial charge in [-0.25, -0.2) is 0 Å². The summed E-state index contributed by atoms with van der Waals surface area (Å²) in [5.41, 5.74) is 6.84. The molecule has 0 bridgehead atoms. The van der Waals surface area contributed by atoms with Crippen LogP contribution in [-0.4, -0.2) is 11.5 Å². The summed E-state index contributed by atoms with van der Waals surface area (Å²) >= 11 is 0. The molecule has 1 rings (SSSR count). The first-order valence-electron chi connectivity index (χ1n) is 6.85. The molecular weight excluding hydrogens is 242 g/mol. The van der Waals surface area contributed by atoms with E-state index < -0.39 is 4.92 Å². The largest absolute Gasteiger partial charge is 0.398 e. The van der Waals surface area contributed by atoms with E-state index >= 15 is 0 Å². The Balaban J connectivity index is 2.63. The van der Waals surface area contributed by atoms with Gasteiger partial charge in [-0.1, -0.05) is 33.1 Å². The molecule has 0 amide bonds. The Morgan fingerprint density at radius 2 is 2.11 bits per heavy atom. The summed E-state index contributed by atoms with van der Waals surface area (Å²) < 4.78 is 0. The summed E-state index contributed by atoms with van der Waals surface area (Å²) in [5, 5.41) is 14.0. The predicted molar refractivity (Wildman–Crippen MR) is 79.3 cm³/mol. The summed E-state index contributed by atoms with van der Waals surface area (Å²) in [5.74, 6) is 0.598. The minimum absolute atomic E-state index is 0.0316. The molecular formula is C14H23N3O2. The van der Waals surface area contributed by atoms with Crippen LogP contribution >= 0.6 is 0 Å². The molecule has 0 aromatic heterocycles. The van der Waals surface area contributed by atoms with E-state index in [1.807, 2.05) is 0 Å². The number of nitro groups is 1. The van der Waals surface area contributed by atoms with E-state index in [1.165, 1.54) is 31.4 Å². The Hall–Kier alpha value is -1.78. The van der Waals surface area contributed by atoms with Gasteiger partial charge in [-0.3, -0.25) is 10.1 Å². The van der Waals surface area contributed by atoms with Crippen LogP contribution in [0.5, 0.6) is 0 Å². The molecule has 0 aliphatic rings. The first-order chi connectivity index (χ1) is 9.06. The van der Waals surface area contributed by atoms with Gasteiger partial charge in [0.25, 0.3) is 5.69 Å². The van der Waals surface area contributed by atoms with Gasteiger partial charge in [0.1, 0.15) is 0 Å². The molecule has 1 aromatic rings. The molecule has 1 unspecified atom stereocenters. The number of anilines is 2. The van der Waals surface area contributed by atoms with Crippen molar-refractivity contribution in [2.45, 2.75) is 39.5 Å². The number of nitrogen functional groups attached to an aromatic ring is 1. The topological polar surface area (TPSA) is 81.2 Å². The number of benzene rings is 1. The molecule has 19 heavy (non-hydrogen) atoms. The lowest BCUT2D eigenvalue weighted by atomic mass is 9.99. The second-order valence-corrected chi connectivity index (χ2v) is 4.87. The van der Waals surface area contributed by atoms with Gasteiger partial charge in [-0.15, -0.1) is 0 Å². The van der Waals surface area contributed by atoms with Gasteiger partial charge in [-0.2, -0.15) is 0 Å². The Kier molecular flexibility index (Phi) is 6.12. The number of non-ortho nitro benzene ring substituents is 1. The van der Waals surface area contributed by atoms with Crippen LogP contribution < -0.4 is 11.1 Å². The highest BCUT2D eigenvalue weighted by atomic mass is 16.6. The van der Waals surface area contributed by atoms with Crippen LogP contribution in [-0.2, 0) is 0 Å². The lowest BCUT2D eigenvalue weighted by molar-refractivity contribution is -0.384. The average Bonchev–Trinajstić information content (AvgIpc) is 2.38. The monoisotopic (exact) mass is 265 g/mol. The minimum atomic E-state index is -0.421. The van der Waals surface area contributed by atoms with E-state index in [9.17, 15) is 10.1 Å². The highest BCUT2D eigenvalue weighted by Gasteiger charge is 2.10. The third-order valence-electron chi connectivity index (χ3n) is 3.29. The molecule has 0 radical (unpaired) electrons. The van der Waals surface area contributed by atoms with E-state index in [-0.39, 0.29) is 5.69 Å². The lowest BCUT2D eigenvalue weighted by Crippen LogP contribution is -2.13. The Labute approximate surface area is 114 Å². The molecule has 0 heterocycles. The smallest absolute Gasteiger partial charge is 0.273 e. The average molecular weight is 265 g/mol. The Bertz CT molecular complexity index is 421. The summed E-state index contributed by atoms with van der Waals surface area (Å²) in [6, 6.07) is 4.64. The highest BCUT2D eigenvalue weighted by molar-refractivity contribution is 5.61. The van der Waals surface area contributed by atoms with E-state index in [2.05, 4.69) is 19.2 Å². The summed E-state index contributed by atoms with van der Waals surface area (Å²) in [4.78, 5) is 10.3. The van der Waals surface area contributed by atoms with Crippen LogP contribution in [0.3, 0.4) is 0 Å². The number of nitro benzene ring substituents is 1. The lowest BCUT2D eigenvalue weighted by Gasteiger charge is -2.16. The number of hydrogen-bond donors (Lipinski definition) is 2. The van der Waals surface area contributed by atoms with Crippen molar-refractivity contribution in [3.63, 3.8) is 0 Å². The van der Waals surface area contributed by atoms with Gasteiger partial charge >= 0.3 is 0 Å². The van der Waals surface area contributed by atoms with Gasteiger partial charge < -0.3 is 11.1 Å². The van der Waals surface area contributed by atoms with E-state index in [4.69, 9.17) is 5.73 Å². The minimum Gasteiger partial charge on any atom is -0.398 e. The summed E-state index contributed by atoms with van der Waals surface area (Å²) in [6.07, 6.45) is 4.71. The van der Waals surface area contributed by atoms with Crippen molar-refractivity contribution in [1.82, 2.24) is 0 Å². The molecule has 3 N–H and O–H groups in total. The van der Waals surface area contributed by atoms with Crippen molar-refractivity contribution in [3.05, 3.63) is 28.3 Å². The van der Waals surface area contributed by atoms with Gasteiger partial charge in [-0.05, 0) is 18.4 Å². The molecule has 5 heteroatoms. The zero-order valence-electron chi connectivity index (χ0n) is 11.7. The maximum Gasteiger partial charge on any atom is 0.273 e. The van der Waals surface area contributed by atoms with Crippen molar-refractivity contribution < 1.29 is 4.92 Å². The Morgan fingerprint density at radius 1 is 1.37 bits per heavy atom. The van der Waals surface area contributed by atoms with Crippen LogP contribution in [0.4, 0.5) is 17.1 Å². The van der Waals surface area contributed by atoms with Crippen LogP contribution in [0.1, 0.15) is 39.5 Å². The fourth-order valence-electron chi connectivity index (χ4n) is 2.05. The van der Waals surface area contributed by atoms with Gasteiger partial charge in [0.2, 0.25) is 0 Å².